The van der Waals surface area contributed by atoms with E-state index in [1.165, 1.54) is 0 Å². The second-order valence-corrected chi connectivity index (χ2v) is 2.90. The summed E-state index contributed by atoms with van der Waals surface area (Å²) < 4.78 is 10.2. The van der Waals surface area contributed by atoms with E-state index in [4.69, 9.17) is 15.2 Å². The van der Waals surface area contributed by atoms with Crippen LogP contribution in [0.5, 0.6) is 0 Å². The molecule has 66 valence electrons. The fourth-order valence-electron chi connectivity index (χ4n) is 1.24. The molecule has 3 N–H and O–H groups in total. The zero-order chi connectivity index (χ0) is 8.43. The topological polar surface area (TPSA) is 64.7 Å². The van der Waals surface area contributed by atoms with Gasteiger partial charge in [-0.25, -0.2) is 0 Å². The van der Waals surface area contributed by atoms with Crippen molar-refractivity contribution in [3.05, 3.63) is 0 Å². The molecule has 0 aromatic heterocycles. The van der Waals surface area contributed by atoms with E-state index in [-0.39, 0.29) is 18.4 Å². The molecule has 0 aromatic carbocycles. The van der Waals surface area contributed by atoms with Crippen LogP contribution in [-0.4, -0.2) is 36.8 Å². The quantitative estimate of drug-likeness (QED) is 0.542. The Labute approximate surface area is 66.3 Å². The molecule has 4 heteroatoms. The summed E-state index contributed by atoms with van der Waals surface area (Å²) >= 11 is 0. The van der Waals surface area contributed by atoms with Gasteiger partial charge < -0.3 is 20.3 Å². The van der Waals surface area contributed by atoms with Crippen LogP contribution in [0.2, 0.25) is 0 Å². The van der Waals surface area contributed by atoms with Gasteiger partial charge in [0.25, 0.3) is 0 Å². The van der Waals surface area contributed by atoms with E-state index in [0.717, 1.165) is 0 Å². The van der Waals surface area contributed by atoms with Crippen LogP contribution in [0.15, 0.2) is 0 Å². The smallest absolute Gasteiger partial charge is 0.159 e. The Kier molecular flexibility index (Phi) is 2.84. The van der Waals surface area contributed by atoms with Crippen molar-refractivity contribution >= 4 is 0 Å². The number of nitrogens with two attached hydrogens (primary N) is 1. The minimum absolute atomic E-state index is 0.233. The zero-order valence-corrected chi connectivity index (χ0v) is 6.86. The molecule has 0 radical (unpaired) electrons. The largest absolute Gasteiger partial charge is 0.389 e. The fraction of sp³-hybridized carbons (Fsp3) is 1.00. The maximum atomic E-state index is 9.35. The number of hydrogen-bond donors (Lipinski definition) is 2. The monoisotopic (exact) mass is 161 g/mol. The van der Waals surface area contributed by atoms with Crippen molar-refractivity contribution in [2.75, 3.05) is 7.11 Å². The van der Waals surface area contributed by atoms with E-state index in [1.54, 1.807) is 14.0 Å². The molecule has 1 rings (SSSR count). The van der Waals surface area contributed by atoms with Crippen LogP contribution in [0, 0.1) is 0 Å². The maximum Gasteiger partial charge on any atom is 0.159 e. The lowest BCUT2D eigenvalue weighted by molar-refractivity contribution is -0.211. The average molecular weight is 161 g/mol. The predicted octanol–water partition coefficient (Wildman–Crippen LogP) is -0.544. The summed E-state index contributed by atoms with van der Waals surface area (Å²) in [5.41, 5.74) is 5.62. The third-order valence-corrected chi connectivity index (χ3v) is 2.01. The van der Waals surface area contributed by atoms with Gasteiger partial charge in [0.05, 0.1) is 12.2 Å². The van der Waals surface area contributed by atoms with Gasteiger partial charge in [-0.15, -0.1) is 0 Å². The standard InChI is InChI=1S/C7H15NO3/c1-4-7(9)5(8)3-6(10-2)11-4/h4-7,9H,3,8H2,1-2H3/t4-,5-,6?,7-/m0/s1. The Morgan fingerprint density at radius 1 is 1.64 bits per heavy atom. The van der Waals surface area contributed by atoms with Crippen molar-refractivity contribution in [1.82, 2.24) is 0 Å². The molecule has 1 unspecified atom stereocenters. The average Bonchev–Trinajstić information content (AvgIpc) is 1.99. The number of hydrogen-bond acceptors (Lipinski definition) is 4. The van der Waals surface area contributed by atoms with Gasteiger partial charge in [-0.3, -0.25) is 0 Å². The highest BCUT2D eigenvalue weighted by Crippen LogP contribution is 2.18. The van der Waals surface area contributed by atoms with Crippen molar-refractivity contribution in [1.29, 1.82) is 0 Å². The fourth-order valence-corrected chi connectivity index (χ4v) is 1.24. The highest BCUT2D eigenvalue weighted by molar-refractivity contribution is 4.82. The molecule has 0 amide bonds. The molecule has 1 heterocycles. The Morgan fingerprint density at radius 2 is 2.27 bits per heavy atom. The van der Waals surface area contributed by atoms with E-state index in [0.29, 0.717) is 6.42 Å². The van der Waals surface area contributed by atoms with Crippen LogP contribution in [0.25, 0.3) is 0 Å². The molecule has 11 heavy (non-hydrogen) atoms. The molecule has 4 nitrogen and oxygen atoms in total. The first kappa shape index (κ1) is 8.93. The van der Waals surface area contributed by atoms with Gasteiger partial charge in [0.15, 0.2) is 6.29 Å². The summed E-state index contributed by atoms with van der Waals surface area (Å²) in [4.78, 5) is 0. The van der Waals surface area contributed by atoms with Gasteiger partial charge in [-0.05, 0) is 6.92 Å². The van der Waals surface area contributed by atoms with Gasteiger partial charge in [0.1, 0.15) is 0 Å². The van der Waals surface area contributed by atoms with Crippen LogP contribution in [0.1, 0.15) is 13.3 Å². The van der Waals surface area contributed by atoms with E-state index < -0.39 is 6.10 Å². The summed E-state index contributed by atoms with van der Waals surface area (Å²) in [5.74, 6) is 0. The third kappa shape index (κ3) is 1.90. The minimum Gasteiger partial charge on any atom is -0.389 e. The van der Waals surface area contributed by atoms with Crippen LogP contribution < -0.4 is 5.73 Å². The summed E-state index contributed by atoms with van der Waals surface area (Å²) in [5, 5.41) is 9.35. The number of aliphatic hydroxyl groups is 1. The molecule has 1 aliphatic heterocycles. The van der Waals surface area contributed by atoms with Crippen LogP contribution in [0.3, 0.4) is 0 Å². The van der Waals surface area contributed by atoms with Crippen LogP contribution in [-0.2, 0) is 9.47 Å². The van der Waals surface area contributed by atoms with Gasteiger partial charge >= 0.3 is 0 Å². The second-order valence-electron chi connectivity index (χ2n) is 2.90. The minimum atomic E-state index is -0.568. The summed E-state index contributed by atoms with van der Waals surface area (Å²) in [6, 6.07) is -0.233. The van der Waals surface area contributed by atoms with Crippen LogP contribution >= 0.6 is 0 Å². The second kappa shape index (κ2) is 3.49. The lowest BCUT2D eigenvalue weighted by Gasteiger charge is -2.35. The van der Waals surface area contributed by atoms with E-state index in [2.05, 4.69) is 0 Å². The van der Waals surface area contributed by atoms with E-state index >= 15 is 0 Å². The SMILES string of the molecule is COC1C[C@H](N)[C@@H](O)[C@H](C)O1. The Bertz CT molecular complexity index is 119. The first-order valence-corrected chi connectivity index (χ1v) is 3.77. The van der Waals surface area contributed by atoms with Gasteiger partial charge in [0.2, 0.25) is 0 Å². The van der Waals surface area contributed by atoms with Crippen molar-refractivity contribution in [3.8, 4) is 0 Å². The highest BCUT2D eigenvalue weighted by Gasteiger charge is 2.32. The van der Waals surface area contributed by atoms with E-state index in [9.17, 15) is 5.11 Å². The highest BCUT2D eigenvalue weighted by atomic mass is 16.7. The van der Waals surface area contributed by atoms with E-state index in [1.807, 2.05) is 0 Å². The predicted molar refractivity (Wildman–Crippen MR) is 39.9 cm³/mol. The summed E-state index contributed by atoms with van der Waals surface area (Å²) in [7, 11) is 1.57. The molecule has 0 bridgehead atoms. The molecular weight excluding hydrogens is 146 g/mol. The molecule has 0 aliphatic carbocycles. The molecule has 0 spiro atoms. The number of aliphatic hydroxyl groups excluding tert-OH is 1. The third-order valence-electron chi connectivity index (χ3n) is 2.01. The summed E-state index contributed by atoms with van der Waals surface area (Å²) in [6.45, 7) is 1.79. The molecule has 1 saturated heterocycles. The molecule has 1 fully saturated rings. The molecule has 0 saturated carbocycles. The van der Waals surface area contributed by atoms with Gasteiger partial charge in [0, 0.05) is 19.6 Å². The molecule has 4 atom stereocenters. The number of methoxy groups -OCH3 is 1. The number of rotatable bonds is 1. The molecular formula is C7H15NO3. The summed E-state index contributed by atoms with van der Waals surface area (Å²) in [6.07, 6.45) is -0.504. The Balaban J connectivity index is 2.47. The lowest BCUT2D eigenvalue weighted by atomic mass is 10.0. The lowest BCUT2D eigenvalue weighted by Crippen LogP contribution is -2.51. The first-order chi connectivity index (χ1) is 5.15. The van der Waals surface area contributed by atoms with Gasteiger partial charge in [-0.1, -0.05) is 0 Å². The van der Waals surface area contributed by atoms with Crippen molar-refractivity contribution in [2.45, 2.75) is 37.9 Å². The van der Waals surface area contributed by atoms with Crippen molar-refractivity contribution in [3.63, 3.8) is 0 Å². The molecule has 1 aliphatic rings. The number of ether oxygens (including phenoxy) is 2. The normalized spacial score (nSPS) is 45.8. The zero-order valence-electron chi connectivity index (χ0n) is 6.86. The van der Waals surface area contributed by atoms with Crippen LogP contribution in [0.4, 0.5) is 0 Å². The van der Waals surface area contributed by atoms with Crippen molar-refractivity contribution in [2.24, 2.45) is 5.73 Å². The Hall–Kier alpha value is -0.160. The van der Waals surface area contributed by atoms with Gasteiger partial charge in [-0.2, -0.15) is 0 Å². The maximum absolute atomic E-state index is 9.35. The van der Waals surface area contributed by atoms with Crippen molar-refractivity contribution < 1.29 is 14.6 Å². The first-order valence-electron chi connectivity index (χ1n) is 3.77. The Morgan fingerprint density at radius 3 is 2.73 bits per heavy atom. The molecule has 0 aromatic rings.